The molecule has 0 aliphatic carbocycles. The average molecular weight is 695 g/mol. The predicted octanol–water partition coefficient (Wildman–Crippen LogP) is 10.8. The summed E-state index contributed by atoms with van der Waals surface area (Å²) in [6, 6.07) is 3.60. The van der Waals surface area contributed by atoms with Gasteiger partial charge in [-0.3, -0.25) is 14.4 Å². The summed E-state index contributed by atoms with van der Waals surface area (Å²) in [5.74, 6) is -2.24. The number of carbonyl (C=O) groups is 3. The highest BCUT2D eigenvalue weighted by molar-refractivity contribution is 6.01. The number of allylic oxidation sites excluding steroid dienone is 2. The molecule has 3 unspecified atom stereocenters. The number of carboxylic acids is 1. The van der Waals surface area contributed by atoms with Crippen LogP contribution >= 0.6 is 0 Å². The van der Waals surface area contributed by atoms with Crippen molar-refractivity contribution in [2.75, 3.05) is 6.61 Å². The number of aryl methyl sites for hydroxylation is 1. The Morgan fingerprint density at radius 2 is 1.48 bits per heavy atom. The summed E-state index contributed by atoms with van der Waals surface area (Å²) < 4.78 is 11.9. The maximum atomic E-state index is 13.8. The summed E-state index contributed by atoms with van der Waals surface area (Å²) in [4.78, 5) is 45.6. The van der Waals surface area contributed by atoms with Crippen molar-refractivity contribution in [3.8, 4) is 0 Å². The topological polar surface area (TPSA) is 121 Å². The number of Topliss-reactive ketones (excluding diaryl/α,β-unsaturated/α-hetero) is 2. The number of ketones is 2. The molecule has 3 atom stereocenters. The number of unbranched alkanes of at least 4 members (excludes halogenated alkanes) is 10. The fourth-order valence-electron chi connectivity index (χ4n) is 7.06. The molecule has 8 heteroatoms. The molecule has 0 saturated carbocycles. The van der Waals surface area contributed by atoms with Crippen LogP contribution in [0, 0.1) is 11.3 Å². The standard InChI is InChI=1S/C42H66N2O6/c1-7-8-9-10-11-12-13-14-15-16-17-18-19-20-22-31(2)38(47)33-25-27-43-35(33)24-21-23-32(29-36(45)46)37-34(26-28-44-37)39(48)40-41(3,4)30-49-42(5,6)50-40/h14-15,25-28,31-32,40,43-44H,7-13,16-24,29-30H2,1-6H3,(H,45,46). The zero-order chi connectivity index (χ0) is 36.6. The van der Waals surface area contributed by atoms with Crippen molar-refractivity contribution >= 4 is 17.5 Å². The number of rotatable bonds is 25. The maximum absolute atomic E-state index is 13.8. The molecular formula is C42H66N2O6. The van der Waals surface area contributed by atoms with Crippen LogP contribution < -0.4 is 0 Å². The van der Waals surface area contributed by atoms with Crippen molar-refractivity contribution < 1.29 is 29.0 Å². The normalized spacial score (nSPS) is 18.3. The molecule has 0 radical (unpaired) electrons. The number of hydrogen-bond acceptors (Lipinski definition) is 5. The van der Waals surface area contributed by atoms with Crippen molar-refractivity contribution in [3.63, 3.8) is 0 Å². The van der Waals surface area contributed by atoms with E-state index in [9.17, 15) is 19.5 Å². The van der Waals surface area contributed by atoms with Gasteiger partial charge in [0, 0.05) is 52.2 Å². The van der Waals surface area contributed by atoms with Crippen LogP contribution in [-0.4, -0.2) is 51.1 Å². The second kappa shape index (κ2) is 20.8. The third-order valence-electron chi connectivity index (χ3n) is 10.2. The molecule has 1 saturated heterocycles. The molecule has 280 valence electrons. The molecular weight excluding hydrogens is 628 g/mol. The fraction of sp³-hybridized carbons (Fsp3) is 0.690. The molecule has 0 bridgehead atoms. The van der Waals surface area contributed by atoms with Crippen LogP contribution in [0.2, 0.25) is 0 Å². The summed E-state index contributed by atoms with van der Waals surface area (Å²) in [7, 11) is 0. The van der Waals surface area contributed by atoms with Crippen LogP contribution in [0.5, 0.6) is 0 Å². The van der Waals surface area contributed by atoms with E-state index >= 15 is 0 Å². The lowest BCUT2D eigenvalue weighted by Gasteiger charge is -2.45. The van der Waals surface area contributed by atoms with Crippen LogP contribution in [0.1, 0.15) is 182 Å². The number of aliphatic carboxylic acids is 1. The molecule has 0 spiro atoms. The second-order valence-corrected chi connectivity index (χ2v) is 15.7. The van der Waals surface area contributed by atoms with Gasteiger partial charge in [-0.2, -0.15) is 0 Å². The van der Waals surface area contributed by atoms with E-state index in [0.717, 1.165) is 36.9 Å². The van der Waals surface area contributed by atoms with Crippen molar-refractivity contribution in [3.05, 3.63) is 59.2 Å². The predicted molar refractivity (Wildman–Crippen MR) is 201 cm³/mol. The van der Waals surface area contributed by atoms with E-state index in [1.807, 2.05) is 33.0 Å². The van der Waals surface area contributed by atoms with Crippen molar-refractivity contribution in [1.82, 2.24) is 9.97 Å². The van der Waals surface area contributed by atoms with E-state index in [0.29, 0.717) is 37.1 Å². The van der Waals surface area contributed by atoms with Gasteiger partial charge in [-0.05, 0) is 77.3 Å². The zero-order valence-electron chi connectivity index (χ0n) is 31.9. The van der Waals surface area contributed by atoms with Crippen LogP contribution in [-0.2, 0) is 20.7 Å². The highest BCUT2D eigenvalue weighted by Crippen LogP contribution is 2.38. The highest BCUT2D eigenvalue weighted by atomic mass is 16.7. The molecule has 8 nitrogen and oxygen atoms in total. The molecule has 0 aromatic carbocycles. The number of aromatic nitrogens is 2. The Morgan fingerprint density at radius 3 is 2.16 bits per heavy atom. The minimum absolute atomic E-state index is 0.0457. The minimum Gasteiger partial charge on any atom is -0.481 e. The lowest BCUT2D eigenvalue weighted by Crippen LogP contribution is -2.53. The van der Waals surface area contributed by atoms with Crippen LogP contribution in [0.15, 0.2) is 36.7 Å². The van der Waals surface area contributed by atoms with Gasteiger partial charge in [0.1, 0.15) is 6.10 Å². The molecule has 1 aliphatic rings. The van der Waals surface area contributed by atoms with Gasteiger partial charge in [-0.1, -0.05) is 91.2 Å². The lowest BCUT2D eigenvalue weighted by molar-refractivity contribution is -0.298. The van der Waals surface area contributed by atoms with Gasteiger partial charge in [-0.15, -0.1) is 0 Å². The molecule has 3 N–H and O–H groups in total. The first-order valence-electron chi connectivity index (χ1n) is 19.5. The van der Waals surface area contributed by atoms with Crippen molar-refractivity contribution in [2.45, 2.75) is 169 Å². The first kappa shape index (κ1) is 41.5. The molecule has 0 amide bonds. The number of hydrogen-bond donors (Lipinski definition) is 3. The Balaban J connectivity index is 1.46. The van der Waals surface area contributed by atoms with E-state index < -0.39 is 23.3 Å². The Labute approximate surface area is 301 Å². The Morgan fingerprint density at radius 1 is 0.860 bits per heavy atom. The summed E-state index contributed by atoms with van der Waals surface area (Å²) in [5.41, 5.74) is 2.19. The van der Waals surface area contributed by atoms with Gasteiger partial charge in [0.05, 0.1) is 13.0 Å². The SMILES string of the molecule is CCCCCCCCC=CCCCCCCC(C)C(=O)c1cc[nH]c1CCCC(CC(=O)O)c1[nH]ccc1C(=O)C1OC(C)(C)OCC1(C)C. The number of carboxylic acid groups (broad SMARTS) is 1. The van der Waals surface area contributed by atoms with E-state index in [4.69, 9.17) is 9.47 Å². The molecule has 1 aliphatic heterocycles. The van der Waals surface area contributed by atoms with Crippen LogP contribution in [0.25, 0.3) is 0 Å². The van der Waals surface area contributed by atoms with Crippen LogP contribution in [0.4, 0.5) is 0 Å². The van der Waals surface area contributed by atoms with Gasteiger partial charge < -0.3 is 24.5 Å². The molecule has 3 rings (SSSR count). The van der Waals surface area contributed by atoms with Gasteiger partial charge in [0.2, 0.25) is 0 Å². The summed E-state index contributed by atoms with van der Waals surface area (Å²) in [5, 5.41) is 9.78. The molecule has 1 fully saturated rings. The van der Waals surface area contributed by atoms with Crippen LogP contribution in [0.3, 0.4) is 0 Å². The van der Waals surface area contributed by atoms with Gasteiger partial charge in [0.25, 0.3) is 0 Å². The average Bonchev–Trinajstić information content (AvgIpc) is 3.75. The highest BCUT2D eigenvalue weighted by Gasteiger charge is 2.46. The number of carbonyl (C=O) groups excluding carboxylic acids is 2. The maximum Gasteiger partial charge on any atom is 0.304 e. The van der Waals surface area contributed by atoms with Crippen molar-refractivity contribution in [1.29, 1.82) is 0 Å². The van der Waals surface area contributed by atoms with E-state index in [-0.39, 0.29) is 29.8 Å². The monoisotopic (exact) mass is 694 g/mol. The van der Waals surface area contributed by atoms with Gasteiger partial charge in [0.15, 0.2) is 17.4 Å². The molecule has 2 aromatic rings. The second-order valence-electron chi connectivity index (χ2n) is 15.7. The minimum atomic E-state index is -0.920. The number of aromatic amines is 2. The molecule has 2 aromatic heterocycles. The third kappa shape index (κ3) is 13.3. The Bertz CT molecular complexity index is 1350. The number of ether oxygens (including phenoxy) is 2. The lowest BCUT2D eigenvalue weighted by atomic mass is 9.80. The number of nitrogens with one attached hydrogen (secondary N) is 2. The first-order valence-corrected chi connectivity index (χ1v) is 19.5. The smallest absolute Gasteiger partial charge is 0.304 e. The molecule has 3 heterocycles. The van der Waals surface area contributed by atoms with E-state index in [1.165, 1.54) is 57.8 Å². The van der Waals surface area contributed by atoms with Gasteiger partial charge in [-0.25, -0.2) is 0 Å². The first-order chi connectivity index (χ1) is 23.9. The van der Waals surface area contributed by atoms with Gasteiger partial charge >= 0.3 is 5.97 Å². The Kier molecular flexibility index (Phi) is 17.2. The quantitative estimate of drug-likeness (QED) is 0.0540. The molecule has 50 heavy (non-hydrogen) atoms. The third-order valence-corrected chi connectivity index (χ3v) is 10.2. The largest absolute Gasteiger partial charge is 0.481 e. The fourth-order valence-corrected chi connectivity index (χ4v) is 7.06. The van der Waals surface area contributed by atoms with E-state index in [2.05, 4.69) is 29.0 Å². The summed E-state index contributed by atoms with van der Waals surface area (Å²) >= 11 is 0. The van der Waals surface area contributed by atoms with Crippen molar-refractivity contribution in [2.24, 2.45) is 11.3 Å². The summed E-state index contributed by atoms with van der Waals surface area (Å²) in [6.07, 6.45) is 25.1. The number of H-pyrrole nitrogens is 2. The van der Waals surface area contributed by atoms with E-state index in [1.54, 1.807) is 26.1 Å². The zero-order valence-corrected chi connectivity index (χ0v) is 31.9. The Hall–Kier alpha value is -2.97. The summed E-state index contributed by atoms with van der Waals surface area (Å²) in [6.45, 7) is 12.1.